The third-order valence-electron chi connectivity index (χ3n) is 4.26. The van der Waals surface area contributed by atoms with Crippen LogP contribution in [0.3, 0.4) is 0 Å². The second-order valence-electron chi connectivity index (χ2n) is 6.49. The van der Waals surface area contributed by atoms with Crippen LogP contribution in [0.15, 0.2) is 42.5 Å². The molecule has 1 aromatic heterocycles. The van der Waals surface area contributed by atoms with E-state index in [-0.39, 0.29) is 30.7 Å². The average molecular weight is 423 g/mol. The topological polar surface area (TPSA) is 49.9 Å². The number of hydrogen-bond acceptors (Lipinski definition) is 4. The molecule has 0 unspecified atom stereocenters. The van der Waals surface area contributed by atoms with Gasteiger partial charge in [0.1, 0.15) is 0 Å². The lowest BCUT2D eigenvalue weighted by Crippen LogP contribution is -2.43. The minimum Gasteiger partial charge on any atom is -0.383 e. The Bertz CT molecular complexity index is 751. The van der Waals surface area contributed by atoms with Crippen molar-refractivity contribution in [2.24, 2.45) is 0 Å². The number of rotatable bonds is 11. The van der Waals surface area contributed by atoms with Gasteiger partial charge >= 0.3 is 0 Å². The van der Waals surface area contributed by atoms with Gasteiger partial charge in [0, 0.05) is 42.3 Å². The van der Waals surface area contributed by atoms with Crippen molar-refractivity contribution in [2.45, 2.75) is 26.4 Å². The first-order chi connectivity index (χ1) is 13.5. The van der Waals surface area contributed by atoms with E-state index in [1.807, 2.05) is 36.4 Å². The first-order valence-corrected chi connectivity index (χ1v) is 10.6. The third kappa shape index (κ3) is 7.26. The molecule has 152 valence electrons. The molecule has 0 aliphatic rings. The summed E-state index contributed by atoms with van der Waals surface area (Å²) in [4.78, 5) is 31.1. The molecule has 0 atom stereocenters. The normalized spacial score (nSPS) is 10.7. The van der Waals surface area contributed by atoms with E-state index in [1.165, 1.54) is 9.78 Å². The summed E-state index contributed by atoms with van der Waals surface area (Å²) in [7, 11) is 1.58. The van der Waals surface area contributed by atoms with Crippen LogP contribution in [-0.4, -0.2) is 54.3 Å². The van der Waals surface area contributed by atoms with Gasteiger partial charge in [0.15, 0.2) is 0 Å². The Hall–Kier alpha value is -1.89. The zero-order valence-electron chi connectivity index (χ0n) is 16.4. The molecule has 28 heavy (non-hydrogen) atoms. The minimum absolute atomic E-state index is 0.0241. The maximum Gasteiger partial charge on any atom is 0.242 e. The van der Waals surface area contributed by atoms with Crippen molar-refractivity contribution in [2.75, 3.05) is 32.7 Å². The summed E-state index contributed by atoms with van der Waals surface area (Å²) in [5.41, 5.74) is 1.06. The van der Waals surface area contributed by atoms with Gasteiger partial charge in [-0.15, -0.1) is 22.9 Å². The maximum atomic E-state index is 13.1. The SMILES string of the molecule is COCCN(CC(=O)N(Cc1ccccc1)Cc1ccc(C)s1)C(=O)CCCl. The molecule has 0 aliphatic carbocycles. The van der Waals surface area contributed by atoms with E-state index >= 15 is 0 Å². The van der Waals surface area contributed by atoms with Gasteiger partial charge < -0.3 is 14.5 Å². The number of methoxy groups -OCH3 is 1. The van der Waals surface area contributed by atoms with Crippen molar-refractivity contribution in [3.05, 3.63) is 57.8 Å². The molecule has 0 radical (unpaired) electrons. The molecule has 0 saturated heterocycles. The van der Waals surface area contributed by atoms with E-state index in [1.54, 1.807) is 23.3 Å². The number of aryl methyl sites for hydroxylation is 1. The molecule has 2 amide bonds. The molecule has 0 aliphatic heterocycles. The summed E-state index contributed by atoms with van der Waals surface area (Å²) < 4.78 is 5.09. The smallest absolute Gasteiger partial charge is 0.242 e. The van der Waals surface area contributed by atoms with E-state index in [4.69, 9.17) is 16.3 Å². The van der Waals surface area contributed by atoms with Gasteiger partial charge in [-0.25, -0.2) is 0 Å². The Kier molecular flexibility index (Phi) is 9.47. The lowest BCUT2D eigenvalue weighted by molar-refractivity contribution is -0.141. The molecule has 5 nitrogen and oxygen atoms in total. The monoisotopic (exact) mass is 422 g/mol. The summed E-state index contributed by atoms with van der Waals surface area (Å²) in [6.45, 7) is 3.84. The van der Waals surface area contributed by atoms with Crippen molar-refractivity contribution in [1.29, 1.82) is 0 Å². The molecule has 0 fully saturated rings. The number of nitrogens with zero attached hydrogens (tertiary/aromatic N) is 2. The largest absolute Gasteiger partial charge is 0.383 e. The Labute approximate surface area is 175 Å². The average Bonchev–Trinajstić information content (AvgIpc) is 3.10. The van der Waals surface area contributed by atoms with Gasteiger partial charge in [-0.2, -0.15) is 0 Å². The molecule has 1 heterocycles. The highest BCUT2D eigenvalue weighted by Gasteiger charge is 2.21. The summed E-state index contributed by atoms with van der Waals surface area (Å²) >= 11 is 7.40. The van der Waals surface area contributed by atoms with Crippen LogP contribution in [0.5, 0.6) is 0 Å². The van der Waals surface area contributed by atoms with Gasteiger partial charge in [0.05, 0.1) is 19.7 Å². The highest BCUT2D eigenvalue weighted by atomic mass is 35.5. The maximum absolute atomic E-state index is 13.1. The number of hydrogen-bond donors (Lipinski definition) is 0. The highest BCUT2D eigenvalue weighted by molar-refractivity contribution is 7.11. The molecule has 2 aromatic rings. The van der Waals surface area contributed by atoms with Crippen molar-refractivity contribution >= 4 is 34.8 Å². The van der Waals surface area contributed by atoms with Crippen molar-refractivity contribution in [3.8, 4) is 0 Å². The molecular formula is C21H27ClN2O3S. The fourth-order valence-corrected chi connectivity index (χ4v) is 3.86. The van der Waals surface area contributed by atoms with E-state index in [2.05, 4.69) is 13.0 Å². The molecule has 7 heteroatoms. The predicted molar refractivity (Wildman–Crippen MR) is 114 cm³/mol. The summed E-state index contributed by atoms with van der Waals surface area (Å²) in [5, 5.41) is 0. The number of carbonyl (C=O) groups is 2. The van der Waals surface area contributed by atoms with E-state index in [0.29, 0.717) is 26.2 Å². The van der Waals surface area contributed by atoms with Crippen molar-refractivity contribution in [1.82, 2.24) is 9.80 Å². The Balaban J connectivity index is 2.14. The van der Waals surface area contributed by atoms with Gasteiger partial charge in [0.25, 0.3) is 0 Å². The fraction of sp³-hybridized carbons (Fsp3) is 0.429. The first-order valence-electron chi connectivity index (χ1n) is 9.23. The van der Waals surface area contributed by atoms with Crippen LogP contribution in [0.4, 0.5) is 0 Å². The zero-order valence-corrected chi connectivity index (χ0v) is 18.0. The molecule has 0 spiro atoms. The van der Waals surface area contributed by atoms with Crippen LogP contribution < -0.4 is 0 Å². The number of benzene rings is 1. The van der Waals surface area contributed by atoms with Crippen LogP contribution in [-0.2, 0) is 27.4 Å². The van der Waals surface area contributed by atoms with Gasteiger partial charge in [-0.3, -0.25) is 9.59 Å². The Morgan fingerprint density at radius 1 is 1.04 bits per heavy atom. The van der Waals surface area contributed by atoms with Crippen LogP contribution in [0.1, 0.15) is 21.7 Å². The Morgan fingerprint density at radius 2 is 1.79 bits per heavy atom. The number of amides is 2. The van der Waals surface area contributed by atoms with E-state index in [9.17, 15) is 9.59 Å². The van der Waals surface area contributed by atoms with E-state index in [0.717, 1.165) is 10.4 Å². The molecular weight excluding hydrogens is 396 g/mol. The quantitative estimate of drug-likeness (QED) is 0.519. The first kappa shape index (κ1) is 22.4. The number of alkyl halides is 1. The lowest BCUT2D eigenvalue weighted by atomic mass is 10.2. The number of ether oxygens (including phenoxy) is 1. The van der Waals surface area contributed by atoms with Crippen LogP contribution in [0.2, 0.25) is 0 Å². The molecule has 0 N–H and O–H groups in total. The molecule has 1 aromatic carbocycles. The highest BCUT2D eigenvalue weighted by Crippen LogP contribution is 2.19. The summed E-state index contributed by atoms with van der Waals surface area (Å²) in [6, 6.07) is 14.0. The van der Waals surface area contributed by atoms with Gasteiger partial charge in [0.2, 0.25) is 11.8 Å². The molecule has 0 saturated carbocycles. The predicted octanol–water partition coefficient (Wildman–Crippen LogP) is 3.69. The third-order valence-corrected chi connectivity index (χ3v) is 5.44. The van der Waals surface area contributed by atoms with Crippen LogP contribution in [0, 0.1) is 6.92 Å². The van der Waals surface area contributed by atoms with Gasteiger partial charge in [-0.05, 0) is 24.6 Å². The second-order valence-corrected chi connectivity index (χ2v) is 8.25. The number of carbonyl (C=O) groups excluding carboxylic acids is 2. The summed E-state index contributed by atoms with van der Waals surface area (Å²) in [6.07, 6.45) is 0.210. The Morgan fingerprint density at radius 3 is 2.39 bits per heavy atom. The molecule has 2 rings (SSSR count). The van der Waals surface area contributed by atoms with Crippen LogP contribution in [0.25, 0.3) is 0 Å². The fourth-order valence-electron chi connectivity index (χ4n) is 2.79. The number of thiophene rings is 1. The van der Waals surface area contributed by atoms with E-state index < -0.39 is 0 Å². The summed E-state index contributed by atoms with van der Waals surface area (Å²) in [5.74, 6) is 0.0135. The number of halogens is 1. The van der Waals surface area contributed by atoms with Crippen LogP contribution >= 0.6 is 22.9 Å². The minimum atomic E-state index is -0.132. The zero-order chi connectivity index (χ0) is 20.4. The van der Waals surface area contributed by atoms with Crippen molar-refractivity contribution < 1.29 is 14.3 Å². The van der Waals surface area contributed by atoms with Crippen molar-refractivity contribution in [3.63, 3.8) is 0 Å². The van der Waals surface area contributed by atoms with Gasteiger partial charge in [-0.1, -0.05) is 30.3 Å². The standard InChI is InChI=1S/C21H27ClN2O3S/c1-17-8-9-19(28-17)15-24(14-18-6-4-3-5-7-18)21(26)16-23(12-13-27-2)20(25)10-11-22/h3-9H,10-16H2,1-2H3. The second kappa shape index (κ2) is 11.8. The lowest BCUT2D eigenvalue weighted by Gasteiger charge is -2.27. The molecule has 0 bridgehead atoms.